The monoisotopic (exact) mass is 340 g/mol. The molecule has 0 aromatic heterocycles. The van der Waals surface area contributed by atoms with Crippen molar-refractivity contribution in [1.82, 2.24) is 0 Å². The highest BCUT2D eigenvalue weighted by atomic mass is 32.2. The first-order valence-electron chi connectivity index (χ1n) is 6.49. The topological polar surface area (TPSA) is 66.5 Å². The second-order valence-corrected chi connectivity index (χ2v) is 6.88. The van der Waals surface area contributed by atoms with Crippen LogP contribution in [0.15, 0.2) is 42.5 Å². The van der Waals surface area contributed by atoms with Gasteiger partial charge in [-0.25, -0.2) is 17.2 Å². The van der Waals surface area contributed by atoms with Gasteiger partial charge < -0.3 is 5.32 Å². The van der Waals surface area contributed by atoms with E-state index in [9.17, 15) is 22.0 Å². The van der Waals surface area contributed by atoms with Crippen LogP contribution < -0.4 is 9.62 Å². The summed E-state index contributed by atoms with van der Waals surface area (Å²) in [6, 6.07) is 8.92. The number of carbonyl (C=O) groups excluding carboxylic acids is 1. The lowest BCUT2D eigenvalue weighted by Crippen LogP contribution is -2.25. The molecule has 2 aromatic carbocycles. The molecule has 0 radical (unpaired) electrons. The van der Waals surface area contributed by atoms with Crippen molar-refractivity contribution in [3.63, 3.8) is 0 Å². The fourth-order valence-corrected chi connectivity index (χ4v) is 2.31. The van der Waals surface area contributed by atoms with Crippen LogP contribution in [-0.4, -0.2) is 27.6 Å². The summed E-state index contributed by atoms with van der Waals surface area (Å²) in [6.45, 7) is 0. The van der Waals surface area contributed by atoms with E-state index in [1.54, 1.807) is 0 Å². The molecular weight excluding hydrogens is 326 g/mol. The number of benzene rings is 2. The molecule has 0 aliphatic carbocycles. The van der Waals surface area contributed by atoms with Crippen LogP contribution in [0.3, 0.4) is 0 Å². The van der Waals surface area contributed by atoms with Gasteiger partial charge in [0.1, 0.15) is 0 Å². The number of carbonyl (C=O) groups is 1. The van der Waals surface area contributed by atoms with Crippen molar-refractivity contribution < 1.29 is 22.0 Å². The molecule has 0 atom stereocenters. The summed E-state index contributed by atoms with van der Waals surface area (Å²) in [5.41, 5.74) is 0.587. The highest BCUT2D eigenvalue weighted by Gasteiger charge is 2.14. The molecule has 0 saturated heterocycles. The van der Waals surface area contributed by atoms with Crippen molar-refractivity contribution >= 4 is 27.3 Å². The molecule has 2 rings (SSSR count). The first-order valence-corrected chi connectivity index (χ1v) is 8.33. The zero-order valence-corrected chi connectivity index (χ0v) is 13.2. The molecule has 0 spiro atoms. The van der Waals surface area contributed by atoms with Gasteiger partial charge in [-0.3, -0.25) is 9.10 Å². The summed E-state index contributed by atoms with van der Waals surface area (Å²) in [6.07, 6.45) is 1.04. The van der Waals surface area contributed by atoms with Crippen molar-refractivity contribution in [3.8, 4) is 0 Å². The zero-order valence-electron chi connectivity index (χ0n) is 12.4. The molecule has 2 aromatic rings. The van der Waals surface area contributed by atoms with E-state index in [-0.39, 0.29) is 11.3 Å². The Labute approximate surface area is 132 Å². The summed E-state index contributed by atoms with van der Waals surface area (Å²) < 4.78 is 50.1. The fourth-order valence-electron chi connectivity index (χ4n) is 1.81. The lowest BCUT2D eigenvalue weighted by molar-refractivity contribution is 0.102. The Balaban J connectivity index is 2.24. The predicted octanol–water partition coefficient (Wildman–Crippen LogP) is 2.61. The Bertz CT molecular complexity index is 854. The van der Waals surface area contributed by atoms with E-state index in [0.29, 0.717) is 5.69 Å². The van der Waals surface area contributed by atoms with Crippen LogP contribution in [0.25, 0.3) is 0 Å². The lowest BCUT2D eigenvalue weighted by Gasteiger charge is -2.17. The van der Waals surface area contributed by atoms with Gasteiger partial charge in [-0.1, -0.05) is 6.07 Å². The minimum Gasteiger partial charge on any atom is -0.322 e. The maximum atomic E-state index is 13.1. The third-order valence-corrected chi connectivity index (χ3v) is 4.35. The Hall–Kier alpha value is -2.48. The van der Waals surface area contributed by atoms with E-state index in [1.165, 1.54) is 37.4 Å². The molecule has 0 aliphatic heterocycles. The molecule has 5 nitrogen and oxygen atoms in total. The number of sulfonamides is 1. The van der Waals surface area contributed by atoms with E-state index < -0.39 is 27.6 Å². The molecule has 0 saturated carbocycles. The van der Waals surface area contributed by atoms with Crippen LogP contribution in [-0.2, 0) is 10.0 Å². The van der Waals surface area contributed by atoms with Crippen LogP contribution in [0.4, 0.5) is 20.2 Å². The van der Waals surface area contributed by atoms with E-state index in [2.05, 4.69) is 5.32 Å². The van der Waals surface area contributed by atoms with Crippen molar-refractivity contribution in [3.05, 3.63) is 59.7 Å². The summed E-state index contributed by atoms with van der Waals surface area (Å²) in [5, 5.41) is 2.42. The number of nitrogens with zero attached hydrogens (tertiary/aromatic N) is 1. The highest BCUT2D eigenvalue weighted by Crippen LogP contribution is 2.19. The van der Waals surface area contributed by atoms with E-state index >= 15 is 0 Å². The van der Waals surface area contributed by atoms with Crippen molar-refractivity contribution in [2.75, 3.05) is 22.9 Å². The second-order valence-electron chi connectivity index (χ2n) is 4.86. The van der Waals surface area contributed by atoms with Crippen LogP contribution >= 0.6 is 0 Å². The highest BCUT2D eigenvalue weighted by molar-refractivity contribution is 7.92. The predicted molar refractivity (Wildman–Crippen MR) is 84.0 cm³/mol. The van der Waals surface area contributed by atoms with Crippen LogP contribution in [0.1, 0.15) is 10.4 Å². The van der Waals surface area contributed by atoms with E-state index in [0.717, 1.165) is 22.7 Å². The largest absolute Gasteiger partial charge is 0.322 e. The molecule has 8 heteroatoms. The number of halogens is 2. The van der Waals surface area contributed by atoms with Gasteiger partial charge in [0.05, 0.1) is 11.9 Å². The first kappa shape index (κ1) is 16.9. The van der Waals surface area contributed by atoms with Gasteiger partial charge in [0, 0.05) is 24.4 Å². The SMILES string of the molecule is CN(c1cccc(C(=O)Nc2ccc(F)c(F)c2)c1)S(C)(=O)=O. The van der Waals surface area contributed by atoms with Gasteiger partial charge in [-0.2, -0.15) is 0 Å². The van der Waals surface area contributed by atoms with Crippen molar-refractivity contribution in [1.29, 1.82) is 0 Å². The number of rotatable bonds is 4. The van der Waals surface area contributed by atoms with Crippen molar-refractivity contribution in [2.24, 2.45) is 0 Å². The smallest absolute Gasteiger partial charge is 0.255 e. The van der Waals surface area contributed by atoms with E-state index in [1.807, 2.05) is 0 Å². The standard InChI is InChI=1S/C15H14F2N2O3S/c1-19(23(2,21)22)12-5-3-4-10(8-12)15(20)18-11-6-7-13(16)14(17)9-11/h3-9H,1-2H3,(H,18,20). The van der Waals surface area contributed by atoms with Crippen molar-refractivity contribution in [2.45, 2.75) is 0 Å². The maximum absolute atomic E-state index is 13.1. The van der Waals surface area contributed by atoms with Gasteiger partial charge in [-0.05, 0) is 30.3 Å². The molecule has 0 heterocycles. The Morgan fingerprint density at radius 1 is 1.09 bits per heavy atom. The van der Waals surface area contributed by atoms with E-state index in [4.69, 9.17) is 0 Å². The lowest BCUT2D eigenvalue weighted by atomic mass is 10.2. The third kappa shape index (κ3) is 4.04. The Morgan fingerprint density at radius 3 is 2.39 bits per heavy atom. The summed E-state index contributed by atoms with van der Waals surface area (Å²) in [5.74, 6) is -2.66. The normalized spacial score (nSPS) is 11.1. The molecule has 1 N–H and O–H groups in total. The van der Waals surface area contributed by atoms with Gasteiger partial charge in [-0.15, -0.1) is 0 Å². The summed E-state index contributed by atoms with van der Waals surface area (Å²) in [4.78, 5) is 12.1. The van der Waals surface area contributed by atoms with Gasteiger partial charge in [0.2, 0.25) is 10.0 Å². The van der Waals surface area contributed by atoms with Gasteiger partial charge in [0.25, 0.3) is 5.91 Å². The Kier molecular flexibility index (Phi) is 4.65. The minimum absolute atomic E-state index is 0.0933. The van der Waals surface area contributed by atoms with Gasteiger partial charge >= 0.3 is 0 Å². The fraction of sp³-hybridized carbons (Fsp3) is 0.133. The summed E-state index contributed by atoms with van der Waals surface area (Å²) in [7, 11) is -2.09. The number of anilines is 2. The third-order valence-electron chi connectivity index (χ3n) is 3.15. The quantitative estimate of drug-likeness (QED) is 0.930. The summed E-state index contributed by atoms with van der Waals surface area (Å²) >= 11 is 0. The van der Waals surface area contributed by atoms with Gasteiger partial charge in [0.15, 0.2) is 11.6 Å². The molecule has 1 amide bonds. The zero-order chi connectivity index (χ0) is 17.2. The Morgan fingerprint density at radius 2 is 1.78 bits per heavy atom. The second kappa shape index (κ2) is 6.33. The molecular formula is C15H14F2N2O3S. The maximum Gasteiger partial charge on any atom is 0.255 e. The van der Waals surface area contributed by atoms with Crippen LogP contribution in [0, 0.1) is 11.6 Å². The first-order chi connectivity index (χ1) is 10.7. The average molecular weight is 340 g/mol. The number of nitrogens with one attached hydrogen (secondary N) is 1. The number of amides is 1. The van der Waals surface area contributed by atoms with Crippen LogP contribution in [0.2, 0.25) is 0 Å². The molecule has 0 bridgehead atoms. The average Bonchev–Trinajstić information content (AvgIpc) is 2.49. The molecule has 23 heavy (non-hydrogen) atoms. The number of hydrogen-bond acceptors (Lipinski definition) is 3. The number of hydrogen-bond donors (Lipinski definition) is 1. The molecule has 0 aliphatic rings. The molecule has 0 fully saturated rings. The van der Waals surface area contributed by atoms with Crippen LogP contribution in [0.5, 0.6) is 0 Å². The minimum atomic E-state index is -3.46. The molecule has 0 unspecified atom stereocenters. The molecule has 122 valence electrons.